The van der Waals surface area contributed by atoms with E-state index in [1.807, 2.05) is 52.0 Å². The summed E-state index contributed by atoms with van der Waals surface area (Å²) in [5.74, 6) is 1.52. The van der Waals surface area contributed by atoms with Gasteiger partial charge in [0.05, 0.1) is 13.2 Å². The first-order chi connectivity index (χ1) is 8.45. The van der Waals surface area contributed by atoms with Gasteiger partial charge in [0.1, 0.15) is 0 Å². The molecule has 0 aliphatic heterocycles. The van der Waals surface area contributed by atoms with E-state index in [4.69, 9.17) is 15.2 Å². The first-order valence-corrected chi connectivity index (χ1v) is 6.23. The van der Waals surface area contributed by atoms with Gasteiger partial charge in [0.15, 0.2) is 11.5 Å². The van der Waals surface area contributed by atoms with Gasteiger partial charge < -0.3 is 15.2 Å². The Bertz CT molecular complexity index is 423. The van der Waals surface area contributed by atoms with Crippen molar-refractivity contribution in [3.05, 3.63) is 29.3 Å². The summed E-state index contributed by atoms with van der Waals surface area (Å²) in [6, 6.07) is 5.89. The monoisotopic (exact) mass is 249 g/mol. The van der Waals surface area contributed by atoms with Crippen LogP contribution in [0.1, 0.15) is 33.3 Å². The summed E-state index contributed by atoms with van der Waals surface area (Å²) >= 11 is 0. The second kappa shape index (κ2) is 6.45. The van der Waals surface area contributed by atoms with Crippen LogP contribution in [0.15, 0.2) is 23.8 Å². The van der Waals surface area contributed by atoms with Gasteiger partial charge in [-0.1, -0.05) is 23.8 Å². The van der Waals surface area contributed by atoms with Crippen LogP contribution in [0.5, 0.6) is 11.5 Å². The van der Waals surface area contributed by atoms with Crippen molar-refractivity contribution in [2.45, 2.75) is 39.8 Å². The highest BCUT2D eigenvalue weighted by Crippen LogP contribution is 2.33. The molecule has 0 radical (unpaired) electrons. The molecular weight excluding hydrogens is 226 g/mol. The maximum atomic E-state index is 5.87. The molecule has 18 heavy (non-hydrogen) atoms. The molecule has 0 aliphatic rings. The summed E-state index contributed by atoms with van der Waals surface area (Å²) in [6.45, 7) is 7.98. The summed E-state index contributed by atoms with van der Waals surface area (Å²) in [7, 11) is 1.65. The molecule has 0 saturated carbocycles. The first kappa shape index (κ1) is 14.6. The minimum absolute atomic E-state index is 0.0306. The summed E-state index contributed by atoms with van der Waals surface area (Å²) in [4.78, 5) is 0. The fourth-order valence-electron chi connectivity index (χ4n) is 1.55. The van der Waals surface area contributed by atoms with Crippen LogP contribution >= 0.6 is 0 Å². The molecule has 2 N–H and O–H groups in total. The largest absolute Gasteiger partial charge is 0.493 e. The number of hydrogen-bond donors (Lipinski definition) is 1. The average molecular weight is 249 g/mol. The molecule has 0 aromatic heterocycles. The standard InChI is InChI=1S/C15H23NO2/c1-10(2)18-15-13(9-11(3)12(4)16)7-6-8-14(15)17-5/h6-10,12H,16H2,1-5H3/b11-9-. The topological polar surface area (TPSA) is 44.5 Å². The highest BCUT2D eigenvalue weighted by molar-refractivity contribution is 5.64. The average Bonchev–Trinajstić information content (AvgIpc) is 2.30. The van der Waals surface area contributed by atoms with Crippen molar-refractivity contribution in [3.63, 3.8) is 0 Å². The van der Waals surface area contributed by atoms with Crippen LogP contribution in [0.4, 0.5) is 0 Å². The molecule has 3 nitrogen and oxygen atoms in total. The third-order valence-corrected chi connectivity index (χ3v) is 2.68. The zero-order chi connectivity index (χ0) is 13.7. The Morgan fingerprint density at radius 1 is 1.28 bits per heavy atom. The number of hydrogen-bond acceptors (Lipinski definition) is 3. The van der Waals surface area contributed by atoms with Crippen molar-refractivity contribution < 1.29 is 9.47 Å². The molecule has 100 valence electrons. The van der Waals surface area contributed by atoms with E-state index in [1.54, 1.807) is 7.11 Å². The smallest absolute Gasteiger partial charge is 0.168 e. The maximum Gasteiger partial charge on any atom is 0.168 e. The van der Waals surface area contributed by atoms with Crippen molar-refractivity contribution >= 4 is 6.08 Å². The molecule has 0 saturated heterocycles. The lowest BCUT2D eigenvalue weighted by atomic mass is 10.1. The molecule has 0 spiro atoms. The van der Waals surface area contributed by atoms with Gasteiger partial charge in [0.2, 0.25) is 0 Å². The minimum Gasteiger partial charge on any atom is -0.493 e. The van der Waals surface area contributed by atoms with E-state index in [-0.39, 0.29) is 12.1 Å². The molecule has 1 aromatic rings. The van der Waals surface area contributed by atoms with Crippen molar-refractivity contribution in [3.8, 4) is 11.5 Å². The van der Waals surface area contributed by atoms with Crippen LogP contribution in [0.25, 0.3) is 6.08 Å². The third kappa shape index (κ3) is 3.77. The lowest BCUT2D eigenvalue weighted by molar-refractivity contribution is 0.229. The van der Waals surface area contributed by atoms with Gasteiger partial charge in [-0.05, 0) is 33.8 Å². The van der Waals surface area contributed by atoms with E-state index in [9.17, 15) is 0 Å². The van der Waals surface area contributed by atoms with E-state index < -0.39 is 0 Å². The SMILES string of the molecule is COc1cccc(/C=C(/C)C(C)N)c1OC(C)C. The molecular formula is C15H23NO2. The highest BCUT2D eigenvalue weighted by Gasteiger charge is 2.11. The van der Waals surface area contributed by atoms with E-state index >= 15 is 0 Å². The van der Waals surface area contributed by atoms with Gasteiger partial charge in [-0.2, -0.15) is 0 Å². The lowest BCUT2D eigenvalue weighted by Gasteiger charge is -2.16. The normalized spacial score (nSPS) is 13.6. The Morgan fingerprint density at radius 2 is 1.94 bits per heavy atom. The number of rotatable bonds is 5. The minimum atomic E-state index is 0.0306. The van der Waals surface area contributed by atoms with Gasteiger partial charge >= 0.3 is 0 Å². The van der Waals surface area contributed by atoms with Gasteiger partial charge in [-0.15, -0.1) is 0 Å². The summed E-state index contributed by atoms with van der Waals surface area (Å²) in [6.07, 6.45) is 2.15. The number of benzene rings is 1. The summed E-state index contributed by atoms with van der Waals surface area (Å²) < 4.78 is 11.2. The van der Waals surface area contributed by atoms with Gasteiger partial charge in [0, 0.05) is 11.6 Å². The molecule has 1 atom stereocenters. The van der Waals surface area contributed by atoms with Gasteiger partial charge in [0.25, 0.3) is 0 Å². The van der Waals surface area contributed by atoms with Crippen molar-refractivity contribution in [2.75, 3.05) is 7.11 Å². The molecule has 0 aliphatic carbocycles. The van der Waals surface area contributed by atoms with Crippen molar-refractivity contribution in [2.24, 2.45) is 5.73 Å². The lowest BCUT2D eigenvalue weighted by Crippen LogP contribution is -2.16. The first-order valence-electron chi connectivity index (χ1n) is 6.23. The second-order valence-electron chi connectivity index (χ2n) is 4.72. The molecule has 3 heteroatoms. The van der Waals surface area contributed by atoms with Crippen LogP contribution in [-0.2, 0) is 0 Å². The number of methoxy groups -OCH3 is 1. The Hall–Kier alpha value is -1.48. The predicted molar refractivity (Wildman–Crippen MR) is 76.1 cm³/mol. The summed E-state index contributed by atoms with van der Waals surface area (Å²) in [5, 5.41) is 0. The van der Waals surface area contributed by atoms with E-state index in [2.05, 4.69) is 0 Å². The fourth-order valence-corrected chi connectivity index (χ4v) is 1.55. The van der Waals surface area contributed by atoms with Crippen LogP contribution < -0.4 is 15.2 Å². The fraction of sp³-hybridized carbons (Fsp3) is 0.467. The maximum absolute atomic E-state index is 5.87. The number of para-hydroxylation sites is 1. The Labute approximate surface area is 110 Å². The Morgan fingerprint density at radius 3 is 2.44 bits per heavy atom. The van der Waals surface area contributed by atoms with Gasteiger partial charge in [-0.25, -0.2) is 0 Å². The molecule has 1 aromatic carbocycles. The quantitative estimate of drug-likeness (QED) is 0.871. The van der Waals surface area contributed by atoms with Crippen LogP contribution in [0, 0.1) is 0 Å². The van der Waals surface area contributed by atoms with Crippen LogP contribution in [0.2, 0.25) is 0 Å². The van der Waals surface area contributed by atoms with E-state index in [1.165, 1.54) is 0 Å². The predicted octanol–water partition coefficient (Wildman–Crippen LogP) is 3.23. The van der Waals surface area contributed by atoms with Crippen LogP contribution in [-0.4, -0.2) is 19.3 Å². The third-order valence-electron chi connectivity index (χ3n) is 2.68. The van der Waals surface area contributed by atoms with Crippen LogP contribution in [0.3, 0.4) is 0 Å². The number of nitrogens with two attached hydrogens (primary N) is 1. The molecule has 0 fully saturated rings. The molecule has 1 rings (SSSR count). The zero-order valence-corrected chi connectivity index (χ0v) is 11.9. The summed E-state index contributed by atoms with van der Waals surface area (Å²) in [5.41, 5.74) is 7.97. The molecule has 0 amide bonds. The second-order valence-corrected chi connectivity index (χ2v) is 4.72. The van der Waals surface area contributed by atoms with E-state index in [0.29, 0.717) is 0 Å². The van der Waals surface area contributed by atoms with Gasteiger partial charge in [-0.3, -0.25) is 0 Å². The van der Waals surface area contributed by atoms with E-state index in [0.717, 1.165) is 22.6 Å². The molecule has 0 bridgehead atoms. The molecule has 0 heterocycles. The molecule has 1 unspecified atom stereocenters. The highest BCUT2D eigenvalue weighted by atomic mass is 16.5. The Balaban J connectivity index is 3.21. The Kier molecular flexibility index (Phi) is 5.23. The van der Waals surface area contributed by atoms with Crippen molar-refractivity contribution in [1.82, 2.24) is 0 Å². The number of ether oxygens (including phenoxy) is 2. The van der Waals surface area contributed by atoms with Crippen molar-refractivity contribution in [1.29, 1.82) is 0 Å². The zero-order valence-electron chi connectivity index (χ0n) is 11.9.